The van der Waals surface area contributed by atoms with E-state index in [1.165, 1.54) is 57.8 Å². The monoisotopic (exact) mass is 225 g/mol. The van der Waals surface area contributed by atoms with Crippen molar-refractivity contribution in [2.75, 3.05) is 19.8 Å². The fourth-order valence-corrected chi connectivity index (χ4v) is 2.58. The van der Waals surface area contributed by atoms with Crippen LogP contribution in [0, 0.1) is 5.92 Å². The highest BCUT2D eigenvalue weighted by Gasteiger charge is 2.20. The van der Waals surface area contributed by atoms with Crippen LogP contribution in [0.2, 0.25) is 0 Å². The molecule has 2 saturated carbocycles. The first kappa shape index (κ1) is 12.4. The fourth-order valence-electron chi connectivity index (χ4n) is 2.58. The third-order valence-corrected chi connectivity index (χ3v) is 3.90. The van der Waals surface area contributed by atoms with E-state index in [9.17, 15) is 0 Å². The molecule has 0 aliphatic heterocycles. The van der Waals surface area contributed by atoms with E-state index in [1.807, 2.05) is 0 Å². The summed E-state index contributed by atoms with van der Waals surface area (Å²) < 4.78 is 5.64. The molecule has 0 unspecified atom stereocenters. The number of hydrogen-bond donors (Lipinski definition) is 1. The largest absolute Gasteiger partial charge is 0.380 e. The highest BCUT2D eigenvalue weighted by molar-refractivity contribution is 4.72. The van der Waals surface area contributed by atoms with Crippen molar-refractivity contribution in [2.45, 2.75) is 63.8 Å². The van der Waals surface area contributed by atoms with Gasteiger partial charge in [-0.1, -0.05) is 38.5 Å². The van der Waals surface area contributed by atoms with Crippen molar-refractivity contribution in [3.63, 3.8) is 0 Å². The molecule has 0 aromatic carbocycles. The first-order valence-corrected chi connectivity index (χ1v) is 7.26. The summed E-state index contributed by atoms with van der Waals surface area (Å²) in [5.41, 5.74) is 0. The van der Waals surface area contributed by atoms with E-state index in [4.69, 9.17) is 4.74 Å². The molecule has 16 heavy (non-hydrogen) atoms. The molecule has 0 amide bonds. The van der Waals surface area contributed by atoms with Crippen LogP contribution in [0.15, 0.2) is 0 Å². The van der Waals surface area contributed by atoms with Crippen molar-refractivity contribution in [3.05, 3.63) is 0 Å². The summed E-state index contributed by atoms with van der Waals surface area (Å²) in [6.07, 6.45) is 12.7. The van der Waals surface area contributed by atoms with Gasteiger partial charge in [0.1, 0.15) is 0 Å². The molecule has 0 spiro atoms. The van der Waals surface area contributed by atoms with Gasteiger partial charge in [0.2, 0.25) is 0 Å². The van der Waals surface area contributed by atoms with Crippen LogP contribution < -0.4 is 5.32 Å². The quantitative estimate of drug-likeness (QED) is 0.531. The number of rotatable bonds is 7. The molecule has 2 aliphatic carbocycles. The Labute approximate surface area is 100 Å². The van der Waals surface area contributed by atoms with Gasteiger partial charge in [-0.15, -0.1) is 0 Å². The summed E-state index contributed by atoms with van der Waals surface area (Å²) in [6, 6.07) is 0.773. The molecular formula is C14H27NO. The second kappa shape index (κ2) is 7.29. The molecule has 2 rings (SSSR count). The Morgan fingerprint density at radius 2 is 1.62 bits per heavy atom. The zero-order valence-corrected chi connectivity index (χ0v) is 10.5. The predicted octanol–water partition coefficient (Wildman–Crippen LogP) is 3.12. The maximum absolute atomic E-state index is 5.64. The molecule has 2 nitrogen and oxygen atoms in total. The normalized spacial score (nSPS) is 23.2. The van der Waals surface area contributed by atoms with E-state index >= 15 is 0 Å². The van der Waals surface area contributed by atoms with Crippen molar-refractivity contribution in [3.8, 4) is 0 Å². The molecular weight excluding hydrogens is 198 g/mol. The number of nitrogens with one attached hydrogen (secondary N) is 1. The molecule has 0 atom stereocenters. The van der Waals surface area contributed by atoms with Crippen LogP contribution in [-0.2, 0) is 4.74 Å². The molecule has 2 heteroatoms. The van der Waals surface area contributed by atoms with Gasteiger partial charge in [-0.2, -0.15) is 0 Å². The van der Waals surface area contributed by atoms with Gasteiger partial charge in [0, 0.05) is 19.2 Å². The molecule has 0 radical (unpaired) electrons. The fraction of sp³-hybridized carbons (Fsp3) is 1.00. The smallest absolute Gasteiger partial charge is 0.0591 e. The Bertz CT molecular complexity index is 172. The lowest BCUT2D eigenvalue weighted by Gasteiger charge is -2.15. The molecule has 0 aromatic rings. The maximum atomic E-state index is 5.64. The Kier molecular flexibility index (Phi) is 5.64. The van der Waals surface area contributed by atoms with Crippen LogP contribution >= 0.6 is 0 Å². The zero-order chi connectivity index (χ0) is 11.1. The van der Waals surface area contributed by atoms with Gasteiger partial charge >= 0.3 is 0 Å². The predicted molar refractivity (Wildman–Crippen MR) is 67.7 cm³/mol. The first-order valence-electron chi connectivity index (χ1n) is 7.26. The Morgan fingerprint density at radius 1 is 0.875 bits per heavy atom. The highest BCUT2D eigenvalue weighted by atomic mass is 16.5. The summed E-state index contributed by atoms with van der Waals surface area (Å²) in [6.45, 7) is 2.94. The molecule has 0 bridgehead atoms. The Balaban J connectivity index is 1.40. The molecule has 2 aliphatic rings. The Morgan fingerprint density at radius 3 is 2.31 bits per heavy atom. The topological polar surface area (TPSA) is 21.3 Å². The average molecular weight is 225 g/mol. The number of ether oxygens (including phenoxy) is 1. The van der Waals surface area contributed by atoms with Crippen LogP contribution in [0.3, 0.4) is 0 Å². The second-order valence-corrected chi connectivity index (χ2v) is 5.49. The molecule has 1 N–H and O–H groups in total. The summed E-state index contributed by atoms with van der Waals surface area (Å²) in [5.74, 6) is 1.01. The lowest BCUT2D eigenvalue weighted by atomic mass is 10.1. The summed E-state index contributed by atoms with van der Waals surface area (Å²) in [5, 5.41) is 3.64. The Hall–Kier alpha value is -0.0800. The SMILES string of the molecule is C1CCCC(NCCOCCC2CC2)CC1. The van der Waals surface area contributed by atoms with E-state index in [1.54, 1.807) is 0 Å². The lowest BCUT2D eigenvalue weighted by molar-refractivity contribution is 0.127. The van der Waals surface area contributed by atoms with Gasteiger partial charge < -0.3 is 10.1 Å². The van der Waals surface area contributed by atoms with Crippen LogP contribution in [0.25, 0.3) is 0 Å². The van der Waals surface area contributed by atoms with E-state index in [0.29, 0.717) is 0 Å². The van der Waals surface area contributed by atoms with Crippen LogP contribution in [0.5, 0.6) is 0 Å². The third kappa shape index (κ3) is 5.31. The van der Waals surface area contributed by atoms with E-state index in [2.05, 4.69) is 5.32 Å². The van der Waals surface area contributed by atoms with Crippen LogP contribution in [0.1, 0.15) is 57.8 Å². The van der Waals surface area contributed by atoms with Gasteiger partial charge in [0.25, 0.3) is 0 Å². The molecule has 0 saturated heterocycles. The van der Waals surface area contributed by atoms with E-state index in [-0.39, 0.29) is 0 Å². The molecule has 2 fully saturated rings. The van der Waals surface area contributed by atoms with E-state index < -0.39 is 0 Å². The molecule has 94 valence electrons. The first-order chi connectivity index (χ1) is 7.95. The van der Waals surface area contributed by atoms with Crippen LogP contribution in [0.4, 0.5) is 0 Å². The minimum atomic E-state index is 0.773. The lowest BCUT2D eigenvalue weighted by Crippen LogP contribution is -2.31. The van der Waals surface area contributed by atoms with Crippen molar-refractivity contribution < 1.29 is 4.74 Å². The number of hydrogen-bond acceptors (Lipinski definition) is 2. The average Bonchev–Trinajstić information content (AvgIpc) is 3.10. The molecule has 0 heterocycles. The summed E-state index contributed by atoms with van der Waals surface area (Å²) in [4.78, 5) is 0. The molecule has 0 aromatic heterocycles. The van der Waals surface area contributed by atoms with Crippen LogP contribution in [-0.4, -0.2) is 25.8 Å². The van der Waals surface area contributed by atoms with Gasteiger partial charge in [0.05, 0.1) is 6.61 Å². The van der Waals surface area contributed by atoms with E-state index in [0.717, 1.165) is 31.7 Å². The van der Waals surface area contributed by atoms with Gasteiger partial charge in [0.15, 0.2) is 0 Å². The van der Waals surface area contributed by atoms with Crippen molar-refractivity contribution in [2.24, 2.45) is 5.92 Å². The second-order valence-electron chi connectivity index (χ2n) is 5.49. The van der Waals surface area contributed by atoms with Gasteiger partial charge in [-0.3, -0.25) is 0 Å². The van der Waals surface area contributed by atoms with Gasteiger partial charge in [-0.05, 0) is 25.2 Å². The minimum absolute atomic E-state index is 0.773. The van der Waals surface area contributed by atoms with Crippen molar-refractivity contribution >= 4 is 0 Å². The zero-order valence-electron chi connectivity index (χ0n) is 10.5. The summed E-state index contributed by atoms with van der Waals surface area (Å²) >= 11 is 0. The van der Waals surface area contributed by atoms with Crippen molar-refractivity contribution in [1.29, 1.82) is 0 Å². The maximum Gasteiger partial charge on any atom is 0.0591 e. The third-order valence-electron chi connectivity index (χ3n) is 3.90. The minimum Gasteiger partial charge on any atom is -0.380 e. The summed E-state index contributed by atoms with van der Waals surface area (Å²) in [7, 11) is 0. The highest BCUT2D eigenvalue weighted by Crippen LogP contribution is 2.31. The van der Waals surface area contributed by atoms with Gasteiger partial charge in [-0.25, -0.2) is 0 Å². The standard InChI is InChI=1S/C14H27NO/c1-2-4-6-14(5-3-1)15-10-12-16-11-9-13-7-8-13/h13-15H,1-12H2. The van der Waals surface area contributed by atoms with Crippen molar-refractivity contribution in [1.82, 2.24) is 5.32 Å².